The number of hydrogen-bond acceptors (Lipinski definition) is 5. The monoisotopic (exact) mass is 401 g/mol. The number of nitrogens with one attached hydrogen (secondary N) is 3. The summed E-state index contributed by atoms with van der Waals surface area (Å²) >= 11 is 0. The molecule has 0 saturated carbocycles. The van der Waals surface area contributed by atoms with Crippen molar-refractivity contribution >= 4 is 28.9 Å². The Hall–Kier alpha value is -3.46. The summed E-state index contributed by atoms with van der Waals surface area (Å²) < 4.78 is 5.13. The Morgan fingerprint density at radius 3 is 2.41 bits per heavy atom. The zero-order valence-corrected chi connectivity index (χ0v) is 16.7. The molecule has 1 atom stereocenters. The molecule has 0 radical (unpaired) electrons. The molecule has 0 bridgehead atoms. The van der Waals surface area contributed by atoms with Crippen molar-refractivity contribution in [2.24, 2.45) is 0 Å². The molecule has 2 rings (SSSR count). The highest BCUT2D eigenvalue weighted by atomic mass is 16.6. The number of nitro groups is 1. The number of nitrogens with zero attached hydrogens (tertiary/aromatic N) is 1. The fourth-order valence-electron chi connectivity index (χ4n) is 2.73. The number of benzene rings is 2. The molecule has 0 spiro atoms. The number of carbonyl (C=O) groups excluding carboxylic acids is 2. The molecule has 0 aliphatic rings. The van der Waals surface area contributed by atoms with Crippen LogP contribution in [0.1, 0.15) is 12.5 Å². The van der Waals surface area contributed by atoms with E-state index in [-0.39, 0.29) is 30.6 Å². The van der Waals surface area contributed by atoms with E-state index < -0.39 is 4.92 Å². The van der Waals surface area contributed by atoms with Crippen LogP contribution in [0, 0.1) is 17.0 Å². The Bertz CT molecular complexity index is 900. The van der Waals surface area contributed by atoms with E-state index in [1.54, 1.807) is 44.4 Å². The first-order chi connectivity index (χ1) is 13.8. The maximum atomic E-state index is 12.4. The van der Waals surface area contributed by atoms with Gasteiger partial charge in [-0.2, -0.15) is 0 Å². The summed E-state index contributed by atoms with van der Waals surface area (Å²) in [7, 11) is 1.55. The van der Waals surface area contributed by atoms with E-state index in [1.165, 1.54) is 12.1 Å². The molecule has 0 aromatic heterocycles. The maximum Gasteiger partial charge on any atom is 0.279 e. The predicted molar refractivity (Wildman–Crippen MR) is 109 cm³/mol. The van der Waals surface area contributed by atoms with Crippen molar-refractivity contribution in [2.75, 3.05) is 37.4 Å². The number of non-ortho nitro benzene ring substituents is 1. The third-order valence-corrected chi connectivity index (χ3v) is 4.38. The van der Waals surface area contributed by atoms with E-state index in [1.807, 2.05) is 6.92 Å². The molecule has 0 fully saturated rings. The predicted octanol–water partition coefficient (Wildman–Crippen LogP) is 1.39. The molecular formula is C20H25N4O5+. The number of aryl methyl sites for hydroxylation is 1. The van der Waals surface area contributed by atoms with Gasteiger partial charge in [0, 0.05) is 23.9 Å². The van der Waals surface area contributed by atoms with Crippen LogP contribution in [-0.4, -0.2) is 43.5 Å². The van der Waals surface area contributed by atoms with Crippen LogP contribution < -0.4 is 20.3 Å². The van der Waals surface area contributed by atoms with Gasteiger partial charge in [0.25, 0.3) is 17.5 Å². The maximum absolute atomic E-state index is 12.4. The first kappa shape index (κ1) is 21.8. The van der Waals surface area contributed by atoms with Crippen LogP contribution in [-0.2, 0) is 9.59 Å². The summed E-state index contributed by atoms with van der Waals surface area (Å²) in [6.07, 6.45) is 0. The van der Waals surface area contributed by atoms with Crippen molar-refractivity contribution in [3.05, 3.63) is 58.1 Å². The second-order valence-electron chi connectivity index (χ2n) is 6.54. The van der Waals surface area contributed by atoms with Crippen LogP contribution in [0.15, 0.2) is 42.5 Å². The summed E-state index contributed by atoms with van der Waals surface area (Å²) in [6.45, 7) is 4.36. The number of rotatable bonds is 9. The standard InChI is InChI=1S/C20H24N4O5/c1-4-23(12-19(25)21-15-6-5-7-17(10-15)29-3)13-20(26)22-18-11-16(24(27)28)9-8-14(18)2/h5-11H,4,12-13H2,1-3H3,(H,21,25)(H,22,26)/p+1. The summed E-state index contributed by atoms with van der Waals surface area (Å²) in [5.74, 6) is 0.0863. The lowest BCUT2D eigenvalue weighted by molar-refractivity contribution is -0.881. The van der Waals surface area contributed by atoms with Gasteiger partial charge in [-0.15, -0.1) is 0 Å². The molecule has 0 aliphatic carbocycles. The first-order valence-corrected chi connectivity index (χ1v) is 9.14. The lowest BCUT2D eigenvalue weighted by atomic mass is 10.2. The van der Waals surface area contributed by atoms with Gasteiger partial charge in [-0.25, -0.2) is 0 Å². The highest BCUT2D eigenvalue weighted by molar-refractivity contribution is 5.93. The van der Waals surface area contributed by atoms with E-state index in [4.69, 9.17) is 4.74 Å². The number of methoxy groups -OCH3 is 1. The van der Waals surface area contributed by atoms with Gasteiger partial charge in [0.15, 0.2) is 13.1 Å². The van der Waals surface area contributed by atoms with Gasteiger partial charge in [0.1, 0.15) is 5.75 Å². The normalized spacial score (nSPS) is 11.4. The second-order valence-corrected chi connectivity index (χ2v) is 6.54. The van der Waals surface area contributed by atoms with Crippen LogP contribution in [0.25, 0.3) is 0 Å². The van der Waals surface area contributed by atoms with Crippen molar-refractivity contribution in [1.29, 1.82) is 0 Å². The molecule has 0 aliphatic heterocycles. The van der Waals surface area contributed by atoms with Crippen molar-refractivity contribution in [3.63, 3.8) is 0 Å². The smallest absolute Gasteiger partial charge is 0.279 e. The van der Waals surface area contributed by atoms with Crippen molar-refractivity contribution in [3.8, 4) is 5.75 Å². The Balaban J connectivity index is 1.95. The number of ether oxygens (including phenoxy) is 1. The van der Waals surface area contributed by atoms with Gasteiger partial charge in [-0.3, -0.25) is 19.7 Å². The minimum Gasteiger partial charge on any atom is -0.497 e. The Morgan fingerprint density at radius 1 is 1.10 bits per heavy atom. The number of quaternary nitrogens is 1. The van der Waals surface area contributed by atoms with Crippen molar-refractivity contribution < 1.29 is 24.1 Å². The SMILES string of the molecule is CC[NH+](CC(=O)Nc1cccc(OC)c1)CC(=O)Nc1cc([N+](=O)[O-])ccc1C. The third kappa shape index (κ3) is 6.58. The van der Waals surface area contributed by atoms with Crippen LogP contribution in [0.3, 0.4) is 0 Å². The second kappa shape index (κ2) is 10.2. The number of nitro benzene ring substituents is 1. The fraction of sp³-hybridized carbons (Fsp3) is 0.300. The molecule has 0 heterocycles. The molecule has 9 nitrogen and oxygen atoms in total. The van der Waals surface area contributed by atoms with E-state index in [0.29, 0.717) is 23.7 Å². The number of hydrogen-bond donors (Lipinski definition) is 3. The third-order valence-electron chi connectivity index (χ3n) is 4.38. The van der Waals surface area contributed by atoms with Crippen LogP contribution in [0.5, 0.6) is 5.75 Å². The summed E-state index contributed by atoms with van der Waals surface area (Å²) in [6, 6.07) is 11.3. The lowest BCUT2D eigenvalue weighted by Crippen LogP contribution is -3.13. The number of carbonyl (C=O) groups is 2. The summed E-state index contributed by atoms with van der Waals surface area (Å²) in [4.78, 5) is 35.9. The van der Waals surface area contributed by atoms with Gasteiger partial charge in [0.2, 0.25) is 0 Å². The van der Waals surface area contributed by atoms with Crippen molar-refractivity contribution in [2.45, 2.75) is 13.8 Å². The molecule has 0 saturated heterocycles. The number of likely N-dealkylation sites (N-methyl/N-ethyl adjacent to an activating group) is 1. The van der Waals surface area contributed by atoms with E-state index in [2.05, 4.69) is 10.6 Å². The van der Waals surface area contributed by atoms with Crippen LogP contribution in [0.4, 0.5) is 17.1 Å². The highest BCUT2D eigenvalue weighted by Gasteiger charge is 2.18. The van der Waals surface area contributed by atoms with Gasteiger partial charge < -0.3 is 20.3 Å². The minimum atomic E-state index is -0.512. The molecule has 2 aromatic rings. The Labute approximate surface area is 168 Å². The molecular weight excluding hydrogens is 376 g/mol. The number of anilines is 2. The summed E-state index contributed by atoms with van der Waals surface area (Å²) in [5.41, 5.74) is 1.63. The molecule has 154 valence electrons. The van der Waals surface area contributed by atoms with Gasteiger partial charge in [0.05, 0.1) is 24.3 Å². The molecule has 2 amide bonds. The van der Waals surface area contributed by atoms with Crippen molar-refractivity contribution in [1.82, 2.24) is 0 Å². The topological polar surface area (TPSA) is 115 Å². The largest absolute Gasteiger partial charge is 0.497 e. The Kier molecular flexibility index (Phi) is 7.67. The quantitative estimate of drug-likeness (QED) is 0.434. The molecule has 2 aromatic carbocycles. The van der Waals surface area contributed by atoms with E-state index in [9.17, 15) is 19.7 Å². The fourth-order valence-corrected chi connectivity index (χ4v) is 2.73. The molecule has 1 unspecified atom stereocenters. The molecule has 3 N–H and O–H groups in total. The summed E-state index contributed by atoms with van der Waals surface area (Å²) in [5, 5.41) is 16.4. The highest BCUT2D eigenvalue weighted by Crippen LogP contribution is 2.21. The Morgan fingerprint density at radius 2 is 1.79 bits per heavy atom. The van der Waals surface area contributed by atoms with Gasteiger partial charge in [-0.1, -0.05) is 12.1 Å². The van der Waals surface area contributed by atoms with Crippen LogP contribution in [0.2, 0.25) is 0 Å². The van der Waals surface area contributed by atoms with E-state index >= 15 is 0 Å². The zero-order valence-electron chi connectivity index (χ0n) is 16.7. The molecule has 9 heteroatoms. The first-order valence-electron chi connectivity index (χ1n) is 9.14. The average molecular weight is 401 g/mol. The van der Waals surface area contributed by atoms with Gasteiger partial charge in [-0.05, 0) is 31.5 Å². The minimum absolute atomic E-state index is 0.0597. The van der Waals surface area contributed by atoms with E-state index in [0.717, 1.165) is 10.5 Å². The molecule has 29 heavy (non-hydrogen) atoms. The number of amides is 2. The average Bonchev–Trinajstić information content (AvgIpc) is 2.68. The van der Waals surface area contributed by atoms with Gasteiger partial charge >= 0.3 is 0 Å². The zero-order chi connectivity index (χ0) is 21.4. The lowest BCUT2D eigenvalue weighted by Gasteiger charge is -2.17. The van der Waals surface area contributed by atoms with Crippen LogP contribution >= 0.6 is 0 Å².